The Morgan fingerprint density at radius 3 is 2.62 bits per heavy atom. The molecule has 8 heteroatoms. The fourth-order valence-corrected chi connectivity index (χ4v) is 4.68. The smallest absolute Gasteiger partial charge is 0.322 e. The van der Waals surface area contributed by atoms with E-state index >= 15 is 0 Å². The number of halogens is 1. The van der Waals surface area contributed by atoms with Crippen molar-refractivity contribution in [2.75, 3.05) is 6.54 Å². The number of sulfonamides is 1. The lowest BCUT2D eigenvalue weighted by Crippen LogP contribution is -2.66. The van der Waals surface area contributed by atoms with E-state index in [1.165, 1.54) is 18.2 Å². The third kappa shape index (κ3) is 2.50. The average molecular weight is 329 g/mol. The molecule has 6 nitrogen and oxygen atoms in total. The second-order valence-electron chi connectivity index (χ2n) is 5.53. The number of carboxylic acids is 1. The molecule has 1 heterocycles. The molecule has 1 aromatic rings. The van der Waals surface area contributed by atoms with E-state index in [1.807, 2.05) is 0 Å². The largest absolute Gasteiger partial charge is 0.480 e. The van der Waals surface area contributed by atoms with Crippen molar-refractivity contribution in [3.8, 4) is 6.07 Å². The molecule has 1 aromatic carbocycles. The normalized spacial score (nSPS) is 21.3. The summed E-state index contributed by atoms with van der Waals surface area (Å²) in [7, 11) is -4.06. The molecule has 2 rings (SSSR count). The van der Waals surface area contributed by atoms with Gasteiger partial charge in [0.1, 0.15) is 17.0 Å². The van der Waals surface area contributed by atoms with Crippen molar-refractivity contribution in [3.63, 3.8) is 0 Å². The van der Waals surface area contributed by atoms with E-state index in [0.717, 1.165) is 4.31 Å². The van der Waals surface area contributed by atoms with Gasteiger partial charge in [0.2, 0.25) is 10.0 Å². The van der Waals surface area contributed by atoms with Gasteiger partial charge in [0.15, 0.2) is 0 Å². The Morgan fingerprint density at radius 1 is 1.52 bits per heavy atom. The van der Waals surface area contributed by atoms with E-state index in [9.17, 15) is 18.3 Å². The summed E-state index contributed by atoms with van der Waals surface area (Å²) in [6.07, 6.45) is 0. The summed E-state index contributed by atoms with van der Waals surface area (Å²) in [5.74, 6) is -1.21. The summed E-state index contributed by atoms with van der Waals surface area (Å²) in [6, 6.07) is 4.45. The average Bonchev–Trinajstić information content (AvgIpc) is 2.34. The first-order valence-electron chi connectivity index (χ1n) is 6.05. The van der Waals surface area contributed by atoms with Crippen LogP contribution in [0.2, 0.25) is 5.02 Å². The van der Waals surface area contributed by atoms with E-state index < -0.39 is 27.4 Å². The van der Waals surface area contributed by atoms with Crippen LogP contribution < -0.4 is 0 Å². The highest BCUT2D eigenvalue weighted by Crippen LogP contribution is 2.41. The van der Waals surface area contributed by atoms with Crippen LogP contribution >= 0.6 is 11.6 Å². The second kappa shape index (κ2) is 4.98. The predicted molar refractivity (Wildman–Crippen MR) is 75.3 cm³/mol. The molecule has 0 bridgehead atoms. The zero-order valence-electron chi connectivity index (χ0n) is 11.4. The van der Waals surface area contributed by atoms with Gasteiger partial charge in [-0.15, -0.1) is 0 Å². The van der Waals surface area contributed by atoms with Crippen LogP contribution in [0.15, 0.2) is 23.1 Å². The number of aliphatic carboxylic acids is 1. The number of carboxylic acid groups (broad SMARTS) is 1. The van der Waals surface area contributed by atoms with Gasteiger partial charge < -0.3 is 5.11 Å². The number of nitrogens with zero attached hydrogens (tertiary/aromatic N) is 2. The topological polar surface area (TPSA) is 98.5 Å². The van der Waals surface area contributed by atoms with Crippen LogP contribution in [0.1, 0.15) is 19.4 Å². The monoisotopic (exact) mass is 328 g/mol. The lowest BCUT2D eigenvalue weighted by Gasteiger charge is -2.50. The molecule has 1 fully saturated rings. The summed E-state index contributed by atoms with van der Waals surface area (Å²) < 4.78 is 26.1. The molecule has 0 radical (unpaired) electrons. The van der Waals surface area contributed by atoms with Crippen molar-refractivity contribution in [1.82, 2.24) is 4.31 Å². The van der Waals surface area contributed by atoms with E-state index in [-0.39, 0.29) is 22.0 Å². The van der Waals surface area contributed by atoms with Gasteiger partial charge in [0.05, 0.1) is 5.56 Å². The highest BCUT2D eigenvalue weighted by molar-refractivity contribution is 7.89. The van der Waals surface area contributed by atoms with Crippen LogP contribution in [0.4, 0.5) is 0 Å². The SMILES string of the molecule is CC1(C)CN(S(=O)(=O)c2ccc(Cl)cc2C#N)C1C(=O)O. The summed E-state index contributed by atoms with van der Waals surface area (Å²) in [4.78, 5) is 11.1. The standard InChI is InChI=1S/C13H13ClN2O4S/c1-13(2)7-16(11(13)12(17)18)21(19,20)10-4-3-9(14)5-8(10)6-15/h3-5,11H,7H2,1-2H3,(H,17,18). The maximum absolute atomic E-state index is 12.6. The Balaban J connectivity index is 2.50. The van der Waals surface area contributed by atoms with Crippen molar-refractivity contribution in [1.29, 1.82) is 5.26 Å². The van der Waals surface area contributed by atoms with Gasteiger partial charge >= 0.3 is 5.97 Å². The summed E-state index contributed by atoms with van der Waals surface area (Å²) in [5.41, 5.74) is -0.755. The van der Waals surface area contributed by atoms with Crippen LogP contribution in [0.25, 0.3) is 0 Å². The lowest BCUT2D eigenvalue weighted by molar-refractivity contribution is -0.153. The molecular formula is C13H13ClN2O4S. The number of benzene rings is 1. The number of hydrogen-bond donors (Lipinski definition) is 1. The van der Waals surface area contributed by atoms with Crippen LogP contribution in [0.3, 0.4) is 0 Å². The molecule has 0 spiro atoms. The Hall–Kier alpha value is -1.62. The minimum absolute atomic E-state index is 0.0831. The summed E-state index contributed by atoms with van der Waals surface area (Å²) >= 11 is 5.74. The van der Waals surface area contributed by atoms with Crippen molar-refractivity contribution < 1.29 is 18.3 Å². The highest BCUT2D eigenvalue weighted by Gasteiger charge is 2.56. The van der Waals surface area contributed by atoms with E-state index in [0.29, 0.717) is 0 Å². The molecule has 0 aliphatic carbocycles. The number of rotatable bonds is 3. The van der Waals surface area contributed by atoms with E-state index in [4.69, 9.17) is 16.9 Å². The highest BCUT2D eigenvalue weighted by atomic mass is 35.5. The number of carbonyl (C=O) groups is 1. The quantitative estimate of drug-likeness (QED) is 0.910. The molecule has 1 unspecified atom stereocenters. The van der Waals surface area contributed by atoms with Crippen molar-refractivity contribution in [3.05, 3.63) is 28.8 Å². The molecule has 1 N–H and O–H groups in total. The predicted octanol–water partition coefficient (Wildman–Crippen LogP) is 1.70. The minimum atomic E-state index is -4.06. The molecule has 0 saturated carbocycles. The maximum atomic E-state index is 12.6. The Kier molecular flexibility index (Phi) is 3.74. The first kappa shape index (κ1) is 15.8. The van der Waals surface area contributed by atoms with Crippen molar-refractivity contribution in [2.45, 2.75) is 24.8 Å². The van der Waals surface area contributed by atoms with Gasteiger partial charge in [-0.2, -0.15) is 9.57 Å². The summed E-state index contributed by atoms with van der Waals surface area (Å²) in [6.45, 7) is 3.45. The Bertz CT molecular complexity index is 752. The molecular weight excluding hydrogens is 316 g/mol. The van der Waals surface area contributed by atoms with Gasteiger partial charge in [-0.25, -0.2) is 8.42 Å². The van der Waals surface area contributed by atoms with Crippen LogP contribution in [0.5, 0.6) is 0 Å². The minimum Gasteiger partial charge on any atom is -0.480 e. The number of nitriles is 1. The van der Waals surface area contributed by atoms with E-state index in [1.54, 1.807) is 19.9 Å². The van der Waals surface area contributed by atoms with Crippen LogP contribution in [0, 0.1) is 16.7 Å². The zero-order chi connectivity index (χ0) is 16.0. The molecule has 1 aliphatic heterocycles. The second-order valence-corrected chi connectivity index (χ2v) is 7.83. The molecule has 1 aliphatic rings. The van der Waals surface area contributed by atoms with Crippen LogP contribution in [-0.2, 0) is 14.8 Å². The summed E-state index contributed by atoms with van der Waals surface area (Å²) in [5, 5.41) is 18.5. The fraction of sp³-hybridized carbons (Fsp3) is 0.385. The lowest BCUT2D eigenvalue weighted by atomic mass is 9.77. The van der Waals surface area contributed by atoms with Gasteiger partial charge in [-0.3, -0.25) is 4.79 Å². The maximum Gasteiger partial charge on any atom is 0.322 e. The molecule has 0 amide bonds. The first-order valence-corrected chi connectivity index (χ1v) is 7.87. The third-order valence-electron chi connectivity index (χ3n) is 3.47. The zero-order valence-corrected chi connectivity index (χ0v) is 12.9. The number of hydrogen-bond acceptors (Lipinski definition) is 4. The van der Waals surface area contributed by atoms with Gasteiger partial charge in [-0.05, 0) is 18.2 Å². The molecule has 21 heavy (non-hydrogen) atoms. The Morgan fingerprint density at radius 2 is 2.14 bits per heavy atom. The van der Waals surface area contributed by atoms with Gasteiger partial charge in [-0.1, -0.05) is 25.4 Å². The van der Waals surface area contributed by atoms with Crippen LogP contribution in [-0.4, -0.2) is 36.4 Å². The molecule has 1 atom stereocenters. The van der Waals surface area contributed by atoms with Crippen molar-refractivity contribution >= 4 is 27.6 Å². The van der Waals surface area contributed by atoms with Gasteiger partial charge in [0.25, 0.3) is 0 Å². The third-order valence-corrected chi connectivity index (χ3v) is 5.58. The molecule has 1 saturated heterocycles. The first-order chi connectivity index (χ1) is 9.61. The molecule has 112 valence electrons. The Labute approximate surface area is 127 Å². The molecule has 0 aromatic heterocycles. The van der Waals surface area contributed by atoms with Crippen molar-refractivity contribution in [2.24, 2.45) is 5.41 Å². The van der Waals surface area contributed by atoms with Gasteiger partial charge in [0, 0.05) is 17.0 Å². The fourth-order valence-electron chi connectivity index (χ4n) is 2.48. The van der Waals surface area contributed by atoms with E-state index in [2.05, 4.69) is 0 Å².